The van der Waals surface area contributed by atoms with Gasteiger partial charge in [0.1, 0.15) is 0 Å². The number of carbonyl (C=O) groups is 1. The molecule has 0 N–H and O–H groups in total. The molecule has 0 heterocycles. The number of allylic oxidation sites excluding steroid dienone is 1. The molecule has 1 aromatic rings. The third-order valence-electron chi connectivity index (χ3n) is 2.29. The number of ether oxygens (including phenoxy) is 1. The minimum atomic E-state index is -0.125. The number of carbonyl (C=O) groups excluding carboxylic acids is 1. The number of esters is 1. The minimum absolute atomic E-state index is 0.0695. The lowest BCUT2D eigenvalue weighted by atomic mass is 10.1. The molecule has 0 radical (unpaired) electrons. The van der Waals surface area contributed by atoms with Crippen LogP contribution >= 0.6 is 0 Å². The van der Waals surface area contributed by atoms with Crippen molar-refractivity contribution in [1.29, 1.82) is 0 Å². The lowest BCUT2D eigenvalue weighted by Crippen LogP contribution is -2.13. The summed E-state index contributed by atoms with van der Waals surface area (Å²) in [5, 5.41) is 0. The summed E-state index contributed by atoms with van der Waals surface area (Å²) in [6.07, 6.45) is 4.75. The number of rotatable bonds is 5. The van der Waals surface area contributed by atoms with Gasteiger partial charge in [0.25, 0.3) is 0 Å². The van der Waals surface area contributed by atoms with Gasteiger partial charge in [0.05, 0.1) is 12.5 Å². The van der Waals surface area contributed by atoms with Gasteiger partial charge in [-0.2, -0.15) is 0 Å². The van der Waals surface area contributed by atoms with E-state index in [4.69, 9.17) is 4.74 Å². The molecule has 0 spiro atoms. The Bertz CT molecular complexity index is 341. The highest BCUT2D eigenvalue weighted by molar-refractivity contribution is 5.72. The molecular formula is C14H18O2. The highest BCUT2D eigenvalue weighted by Gasteiger charge is 2.11. The van der Waals surface area contributed by atoms with Gasteiger partial charge in [0, 0.05) is 0 Å². The summed E-state index contributed by atoms with van der Waals surface area (Å²) in [4.78, 5) is 11.3. The van der Waals surface area contributed by atoms with Crippen molar-refractivity contribution in [1.82, 2.24) is 0 Å². The smallest absolute Gasteiger partial charge is 0.308 e. The molecule has 0 aliphatic carbocycles. The van der Waals surface area contributed by atoms with Crippen molar-refractivity contribution in [2.45, 2.75) is 20.3 Å². The Morgan fingerprint density at radius 3 is 2.69 bits per heavy atom. The van der Waals surface area contributed by atoms with Gasteiger partial charge in [-0.05, 0) is 18.9 Å². The zero-order chi connectivity index (χ0) is 11.8. The van der Waals surface area contributed by atoms with Gasteiger partial charge in [-0.3, -0.25) is 4.79 Å². The average Bonchev–Trinajstić information content (AvgIpc) is 2.30. The highest BCUT2D eigenvalue weighted by atomic mass is 16.5. The predicted molar refractivity (Wildman–Crippen MR) is 65.9 cm³/mol. The number of benzene rings is 1. The van der Waals surface area contributed by atoms with Crippen molar-refractivity contribution in [3.63, 3.8) is 0 Å². The Hall–Kier alpha value is -1.57. The second kappa shape index (κ2) is 6.83. The van der Waals surface area contributed by atoms with Gasteiger partial charge < -0.3 is 4.74 Å². The standard InChI is InChI=1S/C14H18O2/c1-3-16-14(15)12(2)8-7-11-13-9-5-4-6-10-13/h4-7,9-12H,3,8H2,1-2H3. The molecule has 1 atom stereocenters. The second-order valence-electron chi connectivity index (χ2n) is 3.70. The predicted octanol–water partition coefficient (Wildman–Crippen LogP) is 3.29. The molecule has 0 aliphatic heterocycles. The zero-order valence-electron chi connectivity index (χ0n) is 9.85. The number of hydrogen-bond acceptors (Lipinski definition) is 2. The summed E-state index contributed by atoms with van der Waals surface area (Å²) in [6.45, 7) is 4.16. The first-order valence-corrected chi connectivity index (χ1v) is 5.62. The van der Waals surface area contributed by atoms with Gasteiger partial charge in [-0.25, -0.2) is 0 Å². The normalized spacial score (nSPS) is 12.6. The van der Waals surface area contributed by atoms with E-state index in [9.17, 15) is 4.79 Å². The Labute approximate surface area is 96.9 Å². The Morgan fingerprint density at radius 2 is 2.06 bits per heavy atom. The topological polar surface area (TPSA) is 26.3 Å². The van der Waals surface area contributed by atoms with Crippen LogP contribution in [0.3, 0.4) is 0 Å². The fourth-order valence-corrected chi connectivity index (χ4v) is 1.35. The maximum atomic E-state index is 11.3. The zero-order valence-corrected chi connectivity index (χ0v) is 9.85. The van der Waals surface area contributed by atoms with Gasteiger partial charge in [-0.15, -0.1) is 0 Å². The van der Waals surface area contributed by atoms with Crippen molar-refractivity contribution in [3.05, 3.63) is 42.0 Å². The molecule has 0 aromatic heterocycles. The van der Waals surface area contributed by atoms with E-state index < -0.39 is 0 Å². The molecule has 0 aliphatic rings. The quantitative estimate of drug-likeness (QED) is 0.709. The molecule has 0 fully saturated rings. The number of hydrogen-bond donors (Lipinski definition) is 0. The van der Waals surface area contributed by atoms with Crippen LogP contribution in [0.15, 0.2) is 36.4 Å². The highest BCUT2D eigenvalue weighted by Crippen LogP contribution is 2.08. The Balaban J connectivity index is 2.40. The lowest BCUT2D eigenvalue weighted by molar-refractivity contribution is -0.147. The van der Waals surface area contributed by atoms with Crippen LogP contribution in [0.1, 0.15) is 25.8 Å². The van der Waals surface area contributed by atoms with Crippen LogP contribution in [-0.4, -0.2) is 12.6 Å². The molecule has 0 saturated carbocycles. The van der Waals surface area contributed by atoms with Crippen molar-refractivity contribution in [3.8, 4) is 0 Å². The van der Waals surface area contributed by atoms with Crippen LogP contribution in [0, 0.1) is 5.92 Å². The van der Waals surface area contributed by atoms with Crippen LogP contribution in [0.2, 0.25) is 0 Å². The summed E-state index contributed by atoms with van der Waals surface area (Å²) in [7, 11) is 0. The Kier molecular flexibility index (Phi) is 5.34. The largest absolute Gasteiger partial charge is 0.466 e. The van der Waals surface area contributed by atoms with Gasteiger partial charge in [0.15, 0.2) is 0 Å². The lowest BCUT2D eigenvalue weighted by Gasteiger charge is -2.06. The van der Waals surface area contributed by atoms with Crippen molar-refractivity contribution < 1.29 is 9.53 Å². The molecule has 86 valence electrons. The van der Waals surface area contributed by atoms with Gasteiger partial charge >= 0.3 is 5.97 Å². The summed E-state index contributed by atoms with van der Waals surface area (Å²) >= 11 is 0. The molecule has 2 heteroatoms. The van der Waals surface area contributed by atoms with E-state index in [1.807, 2.05) is 56.3 Å². The maximum Gasteiger partial charge on any atom is 0.308 e. The third-order valence-corrected chi connectivity index (χ3v) is 2.29. The van der Waals surface area contributed by atoms with Crippen LogP contribution in [0.25, 0.3) is 6.08 Å². The van der Waals surface area contributed by atoms with Gasteiger partial charge in [0.2, 0.25) is 0 Å². The molecule has 16 heavy (non-hydrogen) atoms. The average molecular weight is 218 g/mol. The van der Waals surface area contributed by atoms with Crippen LogP contribution in [0.5, 0.6) is 0 Å². The van der Waals surface area contributed by atoms with Crippen LogP contribution in [0.4, 0.5) is 0 Å². The third kappa shape index (κ3) is 4.30. The van der Waals surface area contributed by atoms with E-state index in [1.54, 1.807) is 0 Å². The van der Waals surface area contributed by atoms with Crippen LogP contribution in [-0.2, 0) is 9.53 Å². The minimum Gasteiger partial charge on any atom is -0.466 e. The summed E-state index contributed by atoms with van der Waals surface area (Å²) in [5.74, 6) is -0.194. The van der Waals surface area contributed by atoms with Crippen molar-refractivity contribution in [2.24, 2.45) is 5.92 Å². The fraction of sp³-hybridized carbons (Fsp3) is 0.357. The molecular weight excluding hydrogens is 200 g/mol. The molecule has 1 unspecified atom stereocenters. The molecule has 0 bridgehead atoms. The molecule has 0 amide bonds. The van der Waals surface area contributed by atoms with Crippen LogP contribution < -0.4 is 0 Å². The second-order valence-corrected chi connectivity index (χ2v) is 3.70. The monoisotopic (exact) mass is 218 g/mol. The summed E-state index contributed by atoms with van der Waals surface area (Å²) < 4.78 is 4.93. The van der Waals surface area contributed by atoms with E-state index in [1.165, 1.54) is 0 Å². The van der Waals surface area contributed by atoms with Crippen molar-refractivity contribution in [2.75, 3.05) is 6.61 Å². The first-order valence-electron chi connectivity index (χ1n) is 5.62. The van der Waals surface area contributed by atoms with E-state index in [2.05, 4.69) is 0 Å². The molecule has 2 nitrogen and oxygen atoms in total. The summed E-state index contributed by atoms with van der Waals surface area (Å²) in [5.41, 5.74) is 1.15. The Morgan fingerprint density at radius 1 is 1.38 bits per heavy atom. The molecule has 1 aromatic carbocycles. The first kappa shape index (κ1) is 12.5. The molecule has 1 rings (SSSR count). The van der Waals surface area contributed by atoms with Crippen molar-refractivity contribution >= 4 is 12.0 Å². The molecule has 0 saturated heterocycles. The van der Waals surface area contributed by atoms with E-state index in [0.717, 1.165) is 5.56 Å². The van der Waals surface area contributed by atoms with Gasteiger partial charge in [-0.1, -0.05) is 49.4 Å². The first-order chi connectivity index (χ1) is 7.74. The fourth-order valence-electron chi connectivity index (χ4n) is 1.35. The van der Waals surface area contributed by atoms with E-state index in [-0.39, 0.29) is 11.9 Å². The van der Waals surface area contributed by atoms with E-state index in [0.29, 0.717) is 13.0 Å². The van der Waals surface area contributed by atoms with E-state index >= 15 is 0 Å². The SMILES string of the molecule is CCOC(=O)C(C)CC=Cc1ccccc1. The summed E-state index contributed by atoms with van der Waals surface area (Å²) in [6, 6.07) is 10.0. The maximum absolute atomic E-state index is 11.3.